The molecule has 2 aromatic rings. The van der Waals surface area contributed by atoms with Gasteiger partial charge in [0.25, 0.3) is 0 Å². The molecule has 0 spiro atoms. The largest absolute Gasteiger partial charge is 0.478 e. The van der Waals surface area contributed by atoms with Crippen molar-refractivity contribution in [1.82, 2.24) is 5.43 Å². The third-order valence-electron chi connectivity index (χ3n) is 2.78. The number of anilines is 1. The molecule has 0 aliphatic carbocycles. The summed E-state index contributed by atoms with van der Waals surface area (Å²) in [5.74, 6) is -2.78. The van der Waals surface area contributed by atoms with E-state index < -0.39 is 17.8 Å². The normalized spacial score (nSPS) is 10.3. The molecular weight excluding hydrogens is 298 g/mol. The van der Waals surface area contributed by atoms with E-state index in [2.05, 4.69) is 15.8 Å². The molecular formula is C16H13N3O4. The highest BCUT2D eigenvalue weighted by Crippen LogP contribution is 2.04. The fraction of sp³-hybridized carbons (Fsp3) is 0. The highest BCUT2D eigenvalue weighted by atomic mass is 16.4. The van der Waals surface area contributed by atoms with Crippen LogP contribution in [0.25, 0.3) is 0 Å². The number of hydrogen-bond donors (Lipinski definition) is 3. The first-order valence-electron chi connectivity index (χ1n) is 6.59. The quantitative estimate of drug-likeness (QED) is 0.451. The molecule has 23 heavy (non-hydrogen) atoms. The minimum atomic E-state index is -1.03. The minimum Gasteiger partial charge on any atom is -0.478 e. The smallest absolute Gasteiger partial charge is 0.335 e. The first-order valence-corrected chi connectivity index (χ1v) is 6.59. The number of carboxylic acid groups (broad SMARTS) is 1. The molecule has 0 atom stereocenters. The van der Waals surface area contributed by atoms with E-state index in [1.807, 2.05) is 0 Å². The second kappa shape index (κ2) is 7.51. The molecule has 0 saturated heterocycles. The maximum atomic E-state index is 11.6. The number of carboxylic acids is 1. The van der Waals surface area contributed by atoms with Crippen LogP contribution in [0, 0.1) is 0 Å². The fourth-order valence-corrected chi connectivity index (χ4v) is 1.64. The van der Waals surface area contributed by atoms with E-state index in [4.69, 9.17) is 5.11 Å². The van der Waals surface area contributed by atoms with Gasteiger partial charge in [0.2, 0.25) is 0 Å². The van der Waals surface area contributed by atoms with Gasteiger partial charge in [0.05, 0.1) is 11.8 Å². The number of para-hydroxylation sites is 1. The molecule has 2 aromatic carbocycles. The Balaban J connectivity index is 1.88. The third-order valence-corrected chi connectivity index (χ3v) is 2.78. The number of carbonyl (C=O) groups excluding carboxylic acids is 2. The summed E-state index contributed by atoms with van der Waals surface area (Å²) >= 11 is 0. The number of nitrogens with zero attached hydrogens (tertiary/aromatic N) is 1. The van der Waals surface area contributed by atoms with Crippen molar-refractivity contribution in [2.75, 3.05) is 5.32 Å². The molecule has 7 nitrogen and oxygen atoms in total. The first kappa shape index (κ1) is 15.9. The molecule has 0 bridgehead atoms. The van der Waals surface area contributed by atoms with Gasteiger partial charge in [-0.1, -0.05) is 30.3 Å². The topological polar surface area (TPSA) is 108 Å². The van der Waals surface area contributed by atoms with Crippen LogP contribution in [-0.4, -0.2) is 29.1 Å². The molecule has 7 heteroatoms. The predicted octanol–water partition coefficient (Wildman–Crippen LogP) is 1.47. The Labute approximate surface area is 131 Å². The number of amides is 2. The predicted molar refractivity (Wildman–Crippen MR) is 84.2 cm³/mol. The second-order valence-electron chi connectivity index (χ2n) is 4.45. The summed E-state index contributed by atoms with van der Waals surface area (Å²) in [5.41, 5.74) is 3.32. The maximum absolute atomic E-state index is 11.6. The lowest BCUT2D eigenvalue weighted by Gasteiger charge is -2.03. The molecule has 3 N–H and O–H groups in total. The summed E-state index contributed by atoms with van der Waals surface area (Å²) in [4.78, 5) is 33.9. The molecule has 2 rings (SSSR count). The van der Waals surface area contributed by atoms with Gasteiger partial charge in [0.15, 0.2) is 0 Å². The summed E-state index contributed by atoms with van der Waals surface area (Å²) in [6.07, 6.45) is 1.30. The molecule has 116 valence electrons. The summed E-state index contributed by atoms with van der Waals surface area (Å²) in [5, 5.41) is 14.8. The van der Waals surface area contributed by atoms with Crippen molar-refractivity contribution in [2.45, 2.75) is 0 Å². The zero-order chi connectivity index (χ0) is 16.7. The van der Waals surface area contributed by atoms with Crippen LogP contribution in [0.4, 0.5) is 5.69 Å². The van der Waals surface area contributed by atoms with Gasteiger partial charge in [-0.15, -0.1) is 0 Å². The van der Waals surface area contributed by atoms with E-state index in [9.17, 15) is 14.4 Å². The van der Waals surface area contributed by atoms with Crippen LogP contribution >= 0.6 is 0 Å². The van der Waals surface area contributed by atoms with Crippen LogP contribution in [0.1, 0.15) is 15.9 Å². The minimum absolute atomic E-state index is 0.147. The van der Waals surface area contributed by atoms with Gasteiger partial charge in [-0.2, -0.15) is 5.10 Å². The van der Waals surface area contributed by atoms with Crippen molar-refractivity contribution in [3.63, 3.8) is 0 Å². The molecule has 0 aromatic heterocycles. The van der Waals surface area contributed by atoms with Crippen LogP contribution < -0.4 is 10.7 Å². The summed E-state index contributed by atoms with van der Waals surface area (Å²) in [7, 11) is 0. The Kier molecular flexibility index (Phi) is 5.19. The van der Waals surface area contributed by atoms with Crippen molar-refractivity contribution < 1.29 is 19.5 Å². The standard InChI is InChI=1S/C16H13N3O4/c20-14(18-13-4-2-1-3-5-13)15(21)19-17-10-11-6-8-12(9-7-11)16(22)23/h1-10H,(H,18,20)(H,19,21)(H,22,23)/b17-10-. The molecule has 0 unspecified atom stereocenters. The summed E-state index contributed by atoms with van der Waals surface area (Å²) < 4.78 is 0. The Hall–Kier alpha value is -3.48. The molecule has 0 aliphatic rings. The lowest BCUT2D eigenvalue weighted by atomic mass is 10.1. The van der Waals surface area contributed by atoms with Gasteiger partial charge in [0.1, 0.15) is 0 Å². The number of hydrazone groups is 1. The maximum Gasteiger partial charge on any atom is 0.335 e. The molecule has 0 fully saturated rings. The molecule has 2 amide bonds. The van der Waals surface area contributed by atoms with Gasteiger partial charge < -0.3 is 10.4 Å². The molecule has 0 heterocycles. The number of aromatic carboxylic acids is 1. The van der Waals surface area contributed by atoms with Crippen molar-refractivity contribution in [3.8, 4) is 0 Å². The summed E-state index contributed by atoms with van der Waals surface area (Å²) in [6, 6.07) is 14.4. The average Bonchev–Trinajstić information content (AvgIpc) is 2.56. The van der Waals surface area contributed by atoms with Crippen molar-refractivity contribution in [2.24, 2.45) is 5.10 Å². The Morgan fingerprint density at radius 3 is 2.17 bits per heavy atom. The van der Waals surface area contributed by atoms with Crippen LogP contribution in [0.3, 0.4) is 0 Å². The van der Waals surface area contributed by atoms with Gasteiger partial charge in [0, 0.05) is 5.69 Å². The molecule has 0 saturated carbocycles. The number of nitrogens with one attached hydrogen (secondary N) is 2. The number of carbonyl (C=O) groups is 3. The van der Waals surface area contributed by atoms with Crippen molar-refractivity contribution in [3.05, 3.63) is 65.7 Å². The van der Waals surface area contributed by atoms with Crippen LogP contribution in [-0.2, 0) is 9.59 Å². The van der Waals surface area contributed by atoms with Crippen molar-refractivity contribution in [1.29, 1.82) is 0 Å². The lowest BCUT2D eigenvalue weighted by Crippen LogP contribution is -2.32. The highest BCUT2D eigenvalue weighted by molar-refractivity contribution is 6.39. The van der Waals surface area contributed by atoms with Crippen LogP contribution in [0.2, 0.25) is 0 Å². The third kappa shape index (κ3) is 4.78. The van der Waals surface area contributed by atoms with E-state index in [-0.39, 0.29) is 5.56 Å². The Morgan fingerprint density at radius 1 is 0.913 bits per heavy atom. The molecule has 0 radical (unpaired) electrons. The van der Waals surface area contributed by atoms with Gasteiger partial charge >= 0.3 is 17.8 Å². The van der Waals surface area contributed by atoms with Crippen LogP contribution in [0.15, 0.2) is 59.7 Å². The van der Waals surface area contributed by atoms with Gasteiger partial charge in [-0.25, -0.2) is 10.2 Å². The van der Waals surface area contributed by atoms with Gasteiger partial charge in [-0.05, 0) is 29.8 Å². The monoisotopic (exact) mass is 311 g/mol. The average molecular weight is 311 g/mol. The number of rotatable bonds is 4. The first-order chi connectivity index (χ1) is 11.1. The second-order valence-corrected chi connectivity index (χ2v) is 4.45. The number of benzene rings is 2. The van der Waals surface area contributed by atoms with Crippen LogP contribution in [0.5, 0.6) is 0 Å². The number of hydrogen-bond acceptors (Lipinski definition) is 4. The highest BCUT2D eigenvalue weighted by Gasteiger charge is 2.12. The fourth-order valence-electron chi connectivity index (χ4n) is 1.64. The molecule has 0 aliphatic heterocycles. The zero-order valence-electron chi connectivity index (χ0n) is 11.9. The van der Waals surface area contributed by atoms with E-state index in [1.54, 1.807) is 30.3 Å². The summed E-state index contributed by atoms with van der Waals surface area (Å²) in [6.45, 7) is 0. The van der Waals surface area contributed by atoms with E-state index >= 15 is 0 Å². The van der Waals surface area contributed by atoms with E-state index in [0.29, 0.717) is 11.3 Å². The zero-order valence-corrected chi connectivity index (χ0v) is 11.9. The van der Waals surface area contributed by atoms with Crippen molar-refractivity contribution >= 4 is 29.7 Å². The SMILES string of the molecule is O=C(N/N=C\c1ccc(C(=O)O)cc1)C(=O)Nc1ccccc1. The lowest BCUT2D eigenvalue weighted by molar-refractivity contribution is -0.136. The van der Waals surface area contributed by atoms with E-state index in [1.165, 1.54) is 30.5 Å². The van der Waals surface area contributed by atoms with E-state index in [0.717, 1.165) is 0 Å². The van der Waals surface area contributed by atoms with Gasteiger partial charge in [-0.3, -0.25) is 9.59 Å². The Morgan fingerprint density at radius 2 is 1.57 bits per heavy atom. The Bertz CT molecular complexity index is 740.